The van der Waals surface area contributed by atoms with Crippen molar-refractivity contribution in [3.05, 3.63) is 23.8 Å². The molecule has 1 aliphatic heterocycles. The Morgan fingerprint density at radius 1 is 1.23 bits per heavy atom. The maximum absolute atomic E-state index is 12.4. The van der Waals surface area contributed by atoms with Gasteiger partial charge in [-0.15, -0.1) is 0 Å². The second-order valence-corrected chi connectivity index (χ2v) is 6.60. The summed E-state index contributed by atoms with van der Waals surface area (Å²) in [5.41, 5.74) is 0.670. The Kier molecular flexibility index (Phi) is 7.14. The standard InChI is InChI=1S/C17H22N2O6S/c1-23-13-5-4-11(8-14(13)24-2)12(9-16(21)25-3)18-15(20)10-19-6-7-26-17(19)22/h4-5,8,12H,6-7,9-10H2,1-3H3,(H,18,20)/t12-/m1/s1. The minimum atomic E-state index is -0.611. The fourth-order valence-electron chi connectivity index (χ4n) is 2.55. The molecule has 1 aromatic rings. The first kappa shape index (κ1) is 19.9. The highest BCUT2D eigenvalue weighted by atomic mass is 32.2. The summed E-state index contributed by atoms with van der Waals surface area (Å²) in [6.45, 7) is 0.492. The Bertz CT molecular complexity index is 681. The van der Waals surface area contributed by atoms with E-state index in [4.69, 9.17) is 14.2 Å². The lowest BCUT2D eigenvalue weighted by molar-refractivity contribution is -0.141. The van der Waals surface area contributed by atoms with Crippen LogP contribution in [0.15, 0.2) is 18.2 Å². The van der Waals surface area contributed by atoms with Crippen molar-refractivity contribution in [2.24, 2.45) is 0 Å². The van der Waals surface area contributed by atoms with Gasteiger partial charge >= 0.3 is 5.97 Å². The van der Waals surface area contributed by atoms with Crippen LogP contribution in [0, 0.1) is 0 Å². The smallest absolute Gasteiger partial charge is 0.307 e. The quantitative estimate of drug-likeness (QED) is 0.682. The lowest BCUT2D eigenvalue weighted by Gasteiger charge is -2.21. The summed E-state index contributed by atoms with van der Waals surface area (Å²) in [6, 6.07) is 4.53. The molecule has 1 aromatic carbocycles. The van der Waals surface area contributed by atoms with E-state index in [1.807, 2.05) is 0 Å². The molecule has 2 amide bonds. The van der Waals surface area contributed by atoms with Gasteiger partial charge in [0.1, 0.15) is 6.54 Å². The molecule has 0 aliphatic carbocycles. The molecule has 0 saturated carbocycles. The molecular weight excluding hydrogens is 360 g/mol. The Balaban J connectivity index is 2.16. The molecule has 8 nitrogen and oxygen atoms in total. The van der Waals surface area contributed by atoms with Crippen LogP contribution >= 0.6 is 11.8 Å². The SMILES string of the molecule is COC(=O)C[C@@H](NC(=O)CN1CCSC1=O)c1ccc(OC)c(OC)c1. The van der Waals surface area contributed by atoms with Gasteiger partial charge in [-0.25, -0.2) is 0 Å². The van der Waals surface area contributed by atoms with Crippen LogP contribution in [0.5, 0.6) is 11.5 Å². The number of carbonyl (C=O) groups excluding carboxylic acids is 3. The van der Waals surface area contributed by atoms with Gasteiger partial charge in [-0.1, -0.05) is 17.8 Å². The molecule has 1 saturated heterocycles. The molecule has 0 spiro atoms. The number of esters is 1. The number of rotatable bonds is 8. The molecule has 0 unspecified atom stereocenters. The first-order valence-corrected chi connectivity index (χ1v) is 8.96. The second kappa shape index (κ2) is 9.33. The second-order valence-electron chi connectivity index (χ2n) is 5.55. The van der Waals surface area contributed by atoms with Gasteiger partial charge in [0.25, 0.3) is 5.24 Å². The number of hydrogen-bond acceptors (Lipinski definition) is 7. The van der Waals surface area contributed by atoms with E-state index in [-0.39, 0.29) is 24.1 Å². The van der Waals surface area contributed by atoms with E-state index in [0.717, 1.165) is 0 Å². The van der Waals surface area contributed by atoms with Crippen molar-refractivity contribution in [1.82, 2.24) is 10.2 Å². The van der Waals surface area contributed by atoms with Crippen LogP contribution < -0.4 is 14.8 Å². The molecule has 1 fully saturated rings. The Hall–Kier alpha value is -2.42. The third-order valence-corrected chi connectivity index (χ3v) is 4.81. The van der Waals surface area contributed by atoms with Crippen LogP contribution in [0.25, 0.3) is 0 Å². The molecule has 1 aliphatic rings. The van der Waals surface area contributed by atoms with E-state index in [9.17, 15) is 14.4 Å². The van der Waals surface area contributed by atoms with Crippen LogP contribution in [-0.4, -0.2) is 62.2 Å². The summed E-state index contributed by atoms with van der Waals surface area (Å²) in [6.07, 6.45) is -0.0413. The number of hydrogen-bond donors (Lipinski definition) is 1. The van der Waals surface area contributed by atoms with Gasteiger partial charge in [-0.2, -0.15) is 0 Å². The lowest BCUT2D eigenvalue weighted by Crippen LogP contribution is -2.39. The van der Waals surface area contributed by atoms with Crippen molar-refractivity contribution >= 4 is 28.9 Å². The number of carbonyl (C=O) groups is 3. The summed E-state index contributed by atoms with van der Waals surface area (Å²) >= 11 is 1.19. The van der Waals surface area contributed by atoms with E-state index in [0.29, 0.717) is 29.4 Å². The molecule has 1 heterocycles. The monoisotopic (exact) mass is 382 g/mol. The number of methoxy groups -OCH3 is 3. The number of nitrogens with one attached hydrogen (secondary N) is 1. The molecule has 2 rings (SSSR count). The van der Waals surface area contributed by atoms with Crippen LogP contribution in [0.3, 0.4) is 0 Å². The normalized spacial score (nSPS) is 14.7. The predicted molar refractivity (Wildman–Crippen MR) is 96.5 cm³/mol. The van der Waals surface area contributed by atoms with E-state index >= 15 is 0 Å². The fraction of sp³-hybridized carbons (Fsp3) is 0.471. The van der Waals surface area contributed by atoms with Crippen molar-refractivity contribution in [3.63, 3.8) is 0 Å². The Morgan fingerprint density at radius 2 is 1.96 bits per heavy atom. The predicted octanol–water partition coefficient (Wildman–Crippen LogP) is 1.59. The van der Waals surface area contributed by atoms with E-state index < -0.39 is 12.0 Å². The van der Waals surface area contributed by atoms with Gasteiger partial charge in [0.05, 0.1) is 33.8 Å². The Labute approximate surface area is 156 Å². The number of nitrogens with zero attached hydrogens (tertiary/aromatic N) is 1. The molecular formula is C17H22N2O6S. The maximum Gasteiger partial charge on any atom is 0.307 e. The van der Waals surface area contributed by atoms with Gasteiger partial charge in [0, 0.05) is 12.3 Å². The van der Waals surface area contributed by atoms with Crippen LogP contribution in [0.4, 0.5) is 4.79 Å². The summed E-state index contributed by atoms with van der Waals surface area (Å²) in [5.74, 6) is 0.898. The van der Waals surface area contributed by atoms with Crippen molar-refractivity contribution < 1.29 is 28.6 Å². The topological polar surface area (TPSA) is 94.2 Å². The number of thioether (sulfide) groups is 1. The zero-order valence-electron chi connectivity index (χ0n) is 14.9. The van der Waals surface area contributed by atoms with Gasteiger partial charge in [0.2, 0.25) is 5.91 Å². The molecule has 0 radical (unpaired) electrons. The van der Waals surface area contributed by atoms with Crippen LogP contribution in [-0.2, 0) is 14.3 Å². The Morgan fingerprint density at radius 3 is 2.54 bits per heavy atom. The minimum absolute atomic E-state index is 0.0413. The first-order chi connectivity index (χ1) is 12.5. The van der Waals surface area contributed by atoms with Crippen LogP contribution in [0.1, 0.15) is 18.0 Å². The zero-order valence-corrected chi connectivity index (χ0v) is 15.8. The number of amides is 2. The van der Waals surface area contributed by atoms with Crippen molar-refractivity contribution in [2.75, 3.05) is 40.2 Å². The highest BCUT2D eigenvalue weighted by molar-refractivity contribution is 8.13. The third kappa shape index (κ3) is 5.04. The van der Waals surface area contributed by atoms with Crippen molar-refractivity contribution in [2.45, 2.75) is 12.5 Å². The fourth-order valence-corrected chi connectivity index (χ4v) is 3.38. The highest BCUT2D eigenvalue weighted by Gasteiger charge is 2.26. The lowest BCUT2D eigenvalue weighted by atomic mass is 10.0. The van der Waals surface area contributed by atoms with Gasteiger partial charge in [-0.3, -0.25) is 14.4 Å². The zero-order chi connectivity index (χ0) is 19.1. The minimum Gasteiger partial charge on any atom is -0.493 e. The van der Waals surface area contributed by atoms with Gasteiger partial charge < -0.3 is 24.4 Å². The summed E-state index contributed by atoms with van der Waals surface area (Å²) in [5, 5.41) is 2.68. The van der Waals surface area contributed by atoms with E-state index in [2.05, 4.69) is 5.32 Å². The molecule has 1 atom stereocenters. The molecule has 0 aromatic heterocycles. The number of benzene rings is 1. The summed E-state index contributed by atoms with van der Waals surface area (Å²) in [7, 11) is 4.32. The molecule has 9 heteroatoms. The largest absolute Gasteiger partial charge is 0.493 e. The molecule has 142 valence electrons. The number of ether oxygens (including phenoxy) is 3. The third-order valence-electron chi connectivity index (χ3n) is 3.92. The highest BCUT2D eigenvalue weighted by Crippen LogP contribution is 2.31. The van der Waals surface area contributed by atoms with Crippen molar-refractivity contribution in [1.29, 1.82) is 0 Å². The van der Waals surface area contributed by atoms with Crippen molar-refractivity contribution in [3.8, 4) is 11.5 Å². The average Bonchev–Trinajstić information content (AvgIpc) is 3.04. The van der Waals surface area contributed by atoms with Crippen LogP contribution in [0.2, 0.25) is 0 Å². The molecule has 26 heavy (non-hydrogen) atoms. The summed E-state index contributed by atoms with van der Waals surface area (Å²) < 4.78 is 15.2. The van der Waals surface area contributed by atoms with Gasteiger partial charge in [0.15, 0.2) is 11.5 Å². The average molecular weight is 382 g/mol. The van der Waals surface area contributed by atoms with E-state index in [1.54, 1.807) is 18.2 Å². The summed E-state index contributed by atoms with van der Waals surface area (Å²) in [4.78, 5) is 37.2. The maximum atomic E-state index is 12.4. The molecule has 0 bridgehead atoms. The molecule has 1 N–H and O–H groups in total. The van der Waals surface area contributed by atoms with E-state index in [1.165, 1.54) is 38.0 Å². The first-order valence-electron chi connectivity index (χ1n) is 7.98. The van der Waals surface area contributed by atoms with Gasteiger partial charge in [-0.05, 0) is 17.7 Å².